The van der Waals surface area contributed by atoms with Crippen molar-refractivity contribution in [3.05, 3.63) is 65.5 Å². The Hall–Kier alpha value is -2.62. The van der Waals surface area contributed by atoms with Crippen molar-refractivity contribution in [1.82, 2.24) is 14.9 Å². The van der Waals surface area contributed by atoms with Gasteiger partial charge in [0.2, 0.25) is 5.91 Å². The average Bonchev–Trinajstić information content (AvgIpc) is 3.14. The first-order valence-electron chi connectivity index (χ1n) is 9.97. The van der Waals surface area contributed by atoms with E-state index in [0.29, 0.717) is 12.3 Å². The molecule has 1 aromatic heterocycles. The van der Waals surface area contributed by atoms with E-state index in [1.165, 1.54) is 11.1 Å². The number of hydrogen-bond acceptors (Lipinski definition) is 2. The van der Waals surface area contributed by atoms with Crippen LogP contribution in [0.5, 0.6) is 0 Å². The number of fused-ring (bicyclic) bond motifs is 1. The molecule has 1 amide bonds. The van der Waals surface area contributed by atoms with E-state index >= 15 is 0 Å². The lowest BCUT2D eigenvalue weighted by Crippen LogP contribution is -2.39. The third kappa shape index (κ3) is 4.21. The van der Waals surface area contributed by atoms with Crippen LogP contribution < -0.4 is 0 Å². The molecule has 1 aliphatic heterocycles. The van der Waals surface area contributed by atoms with Crippen molar-refractivity contribution in [2.75, 3.05) is 13.1 Å². The number of H-pyrrole nitrogens is 1. The van der Waals surface area contributed by atoms with Crippen LogP contribution in [-0.4, -0.2) is 33.9 Å². The lowest BCUT2D eigenvalue weighted by molar-refractivity contribution is -0.132. The molecule has 1 atom stereocenters. The molecule has 1 unspecified atom stereocenters. The van der Waals surface area contributed by atoms with E-state index < -0.39 is 0 Å². The number of likely N-dealkylation sites (tertiary alicyclic amines) is 1. The van der Waals surface area contributed by atoms with Crippen molar-refractivity contribution >= 4 is 16.9 Å². The van der Waals surface area contributed by atoms with Crippen LogP contribution in [0.15, 0.2) is 48.5 Å². The number of carbonyl (C=O) groups is 1. The second kappa shape index (κ2) is 7.95. The Morgan fingerprint density at radius 2 is 2.00 bits per heavy atom. The second-order valence-corrected chi connectivity index (χ2v) is 7.66. The zero-order valence-electron chi connectivity index (χ0n) is 15.9. The number of aryl methyl sites for hydroxylation is 2. The van der Waals surface area contributed by atoms with Gasteiger partial charge in [0, 0.05) is 25.4 Å². The molecule has 0 spiro atoms. The fourth-order valence-corrected chi connectivity index (χ4v) is 3.95. The van der Waals surface area contributed by atoms with E-state index in [0.717, 1.165) is 55.6 Å². The zero-order valence-corrected chi connectivity index (χ0v) is 15.9. The number of imidazole rings is 1. The van der Waals surface area contributed by atoms with Gasteiger partial charge in [0.05, 0.1) is 11.0 Å². The van der Waals surface area contributed by atoms with Crippen molar-refractivity contribution < 1.29 is 4.79 Å². The minimum atomic E-state index is 0.280. The summed E-state index contributed by atoms with van der Waals surface area (Å²) < 4.78 is 0. The monoisotopic (exact) mass is 361 g/mol. The first-order valence-corrected chi connectivity index (χ1v) is 9.97. The molecular weight excluding hydrogens is 334 g/mol. The van der Waals surface area contributed by atoms with Crippen molar-refractivity contribution in [3.8, 4) is 0 Å². The smallest absolute Gasteiger partial charge is 0.222 e. The largest absolute Gasteiger partial charge is 0.342 e. The highest BCUT2D eigenvalue weighted by Gasteiger charge is 2.26. The third-order valence-electron chi connectivity index (χ3n) is 5.55. The van der Waals surface area contributed by atoms with Crippen LogP contribution in [0.25, 0.3) is 11.0 Å². The molecule has 1 N–H and O–H groups in total. The summed E-state index contributed by atoms with van der Waals surface area (Å²) in [5.41, 5.74) is 4.68. The fraction of sp³-hybridized carbons (Fsp3) is 0.391. The third-order valence-corrected chi connectivity index (χ3v) is 5.55. The van der Waals surface area contributed by atoms with Gasteiger partial charge in [-0.3, -0.25) is 4.79 Å². The number of rotatable bonds is 5. The minimum absolute atomic E-state index is 0.280. The highest BCUT2D eigenvalue weighted by atomic mass is 16.2. The standard InChI is InChI=1S/C23H27N3O/c1-17-11-13-18(14-12-17)6-4-10-22(27)26-15-5-7-19(16-26)23-24-20-8-2-3-9-21(20)25-23/h2-3,8-9,11-14,19H,4-7,10,15-16H2,1H3,(H,24,25). The summed E-state index contributed by atoms with van der Waals surface area (Å²) in [6.07, 6.45) is 4.64. The molecule has 4 heteroatoms. The number of para-hydroxylation sites is 2. The Labute approximate surface area is 160 Å². The van der Waals surface area contributed by atoms with Crippen molar-refractivity contribution in [1.29, 1.82) is 0 Å². The maximum Gasteiger partial charge on any atom is 0.222 e. The van der Waals surface area contributed by atoms with Crippen LogP contribution in [0.2, 0.25) is 0 Å². The average molecular weight is 361 g/mol. The quantitative estimate of drug-likeness (QED) is 0.722. The van der Waals surface area contributed by atoms with Crippen LogP contribution in [0.4, 0.5) is 0 Å². The predicted octanol–water partition coefficient (Wildman–Crippen LogP) is 4.60. The highest BCUT2D eigenvalue weighted by molar-refractivity contribution is 5.77. The van der Waals surface area contributed by atoms with Gasteiger partial charge < -0.3 is 9.88 Å². The molecule has 4 rings (SSSR count). The Morgan fingerprint density at radius 1 is 1.19 bits per heavy atom. The molecule has 2 aromatic carbocycles. The van der Waals surface area contributed by atoms with Gasteiger partial charge in [-0.25, -0.2) is 4.98 Å². The Balaban J connectivity index is 1.33. The maximum atomic E-state index is 12.7. The van der Waals surface area contributed by atoms with Gasteiger partial charge in [-0.1, -0.05) is 42.0 Å². The van der Waals surface area contributed by atoms with E-state index in [-0.39, 0.29) is 5.91 Å². The number of amides is 1. The van der Waals surface area contributed by atoms with E-state index in [4.69, 9.17) is 4.98 Å². The lowest BCUT2D eigenvalue weighted by atomic mass is 9.96. The van der Waals surface area contributed by atoms with Gasteiger partial charge >= 0.3 is 0 Å². The summed E-state index contributed by atoms with van der Waals surface area (Å²) in [4.78, 5) is 22.9. The van der Waals surface area contributed by atoms with E-state index in [9.17, 15) is 4.79 Å². The topological polar surface area (TPSA) is 49.0 Å². The van der Waals surface area contributed by atoms with E-state index in [1.54, 1.807) is 0 Å². The molecule has 2 heterocycles. The number of aromatic amines is 1. The number of benzene rings is 2. The number of nitrogens with one attached hydrogen (secondary N) is 1. The van der Waals surface area contributed by atoms with Crippen molar-refractivity contribution in [2.45, 2.75) is 44.9 Å². The summed E-state index contributed by atoms with van der Waals surface area (Å²) in [5, 5.41) is 0. The second-order valence-electron chi connectivity index (χ2n) is 7.66. The zero-order chi connectivity index (χ0) is 18.6. The molecule has 1 saturated heterocycles. The molecule has 0 radical (unpaired) electrons. The molecule has 0 aliphatic carbocycles. The molecule has 4 nitrogen and oxygen atoms in total. The first-order chi connectivity index (χ1) is 13.2. The van der Waals surface area contributed by atoms with Crippen molar-refractivity contribution in [2.24, 2.45) is 0 Å². The van der Waals surface area contributed by atoms with Crippen LogP contribution in [-0.2, 0) is 11.2 Å². The molecule has 0 saturated carbocycles. The lowest BCUT2D eigenvalue weighted by Gasteiger charge is -2.32. The number of piperidine rings is 1. The van der Waals surface area contributed by atoms with Gasteiger partial charge in [0.1, 0.15) is 5.82 Å². The van der Waals surface area contributed by atoms with E-state index in [2.05, 4.69) is 42.2 Å². The first kappa shape index (κ1) is 17.8. The summed E-state index contributed by atoms with van der Waals surface area (Å²) >= 11 is 0. The minimum Gasteiger partial charge on any atom is -0.342 e. The van der Waals surface area contributed by atoms with Crippen LogP contribution in [0.3, 0.4) is 0 Å². The summed E-state index contributed by atoms with van der Waals surface area (Å²) in [6.45, 7) is 3.76. The molecular formula is C23H27N3O. The molecule has 140 valence electrons. The Morgan fingerprint density at radius 3 is 2.81 bits per heavy atom. The molecule has 27 heavy (non-hydrogen) atoms. The number of carbonyl (C=O) groups excluding carboxylic acids is 1. The van der Waals surface area contributed by atoms with E-state index in [1.807, 2.05) is 23.1 Å². The summed E-state index contributed by atoms with van der Waals surface area (Å²) in [6, 6.07) is 16.7. The van der Waals surface area contributed by atoms with Gasteiger partial charge in [-0.2, -0.15) is 0 Å². The fourth-order valence-electron chi connectivity index (χ4n) is 3.95. The van der Waals surface area contributed by atoms with Gasteiger partial charge in [-0.05, 0) is 50.3 Å². The van der Waals surface area contributed by atoms with Crippen LogP contribution in [0.1, 0.15) is 48.6 Å². The number of nitrogens with zero attached hydrogens (tertiary/aromatic N) is 2. The van der Waals surface area contributed by atoms with Crippen LogP contribution >= 0.6 is 0 Å². The van der Waals surface area contributed by atoms with Gasteiger partial charge in [-0.15, -0.1) is 0 Å². The predicted molar refractivity (Wildman–Crippen MR) is 109 cm³/mol. The Kier molecular flexibility index (Phi) is 5.23. The van der Waals surface area contributed by atoms with Crippen LogP contribution in [0, 0.1) is 6.92 Å². The maximum absolute atomic E-state index is 12.7. The van der Waals surface area contributed by atoms with Gasteiger partial charge in [0.15, 0.2) is 0 Å². The number of hydrogen-bond donors (Lipinski definition) is 1. The molecule has 3 aromatic rings. The SMILES string of the molecule is Cc1ccc(CCCC(=O)N2CCCC(c3nc4ccccc4[nH]3)C2)cc1. The highest BCUT2D eigenvalue weighted by Crippen LogP contribution is 2.27. The molecule has 1 fully saturated rings. The Bertz CT molecular complexity index is 880. The molecule has 0 bridgehead atoms. The normalized spacial score (nSPS) is 17.4. The summed E-state index contributed by atoms with van der Waals surface area (Å²) in [7, 11) is 0. The van der Waals surface area contributed by atoms with Gasteiger partial charge in [0.25, 0.3) is 0 Å². The summed E-state index contributed by atoms with van der Waals surface area (Å²) in [5.74, 6) is 1.61. The molecule has 1 aliphatic rings. The number of aromatic nitrogens is 2. The van der Waals surface area contributed by atoms with Crippen molar-refractivity contribution in [3.63, 3.8) is 0 Å².